The second kappa shape index (κ2) is 8.75. The van der Waals surface area contributed by atoms with Crippen molar-refractivity contribution in [2.24, 2.45) is 5.92 Å². The summed E-state index contributed by atoms with van der Waals surface area (Å²) in [6.45, 7) is 6.17. The molecule has 1 saturated carbocycles. The van der Waals surface area contributed by atoms with Gasteiger partial charge in [-0.25, -0.2) is 18.7 Å². The number of piperazine rings is 1. The molecule has 2 aromatic carbocycles. The standard InChI is InChI=1S/C24H27F2N5/c25-22(26)24-28-21-4-2-1-3-20(21)23(29-24)27-15-17-7-9-19(10-8-17)31-13-11-30(12-14-31)16-18-5-6-18/h1-4,7-10,18,22H,5-6,11-16H2,(H,27,28,29). The molecule has 0 spiro atoms. The Labute approximate surface area is 181 Å². The van der Waals surface area contributed by atoms with E-state index in [1.165, 1.54) is 25.1 Å². The van der Waals surface area contributed by atoms with Crippen molar-refractivity contribution in [3.8, 4) is 0 Å². The van der Waals surface area contributed by atoms with Crippen molar-refractivity contribution in [2.75, 3.05) is 42.9 Å². The van der Waals surface area contributed by atoms with Crippen molar-refractivity contribution in [2.45, 2.75) is 25.8 Å². The lowest BCUT2D eigenvalue weighted by Crippen LogP contribution is -2.47. The summed E-state index contributed by atoms with van der Waals surface area (Å²) < 4.78 is 26.4. The number of anilines is 2. The van der Waals surface area contributed by atoms with Gasteiger partial charge in [0.1, 0.15) is 5.82 Å². The van der Waals surface area contributed by atoms with Gasteiger partial charge in [-0.3, -0.25) is 4.90 Å². The van der Waals surface area contributed by atoms with E-state index in [0.717, 1.165) is 43.0 Å². The van der Waals surface area contributed by atoms with E-state index in [-0.39, 0.29) is 0 Å². The Morgan fingerprint density at radius 3 is 2.39 bits per heavy atom. The van der Waals surface area contributed by atoms with Crippen LogP contribution < -0.4 is 10.2 Å². The minimum absolute atomic E-state index is 0.441. The Kier molecular flexibility index (Phi) is 5.68. The lowest BCUT2D eigenvalue weighted by atomic mass is 10.1. The molecule has 162 valence electrons. The zero-order valence-electron chi connectivity index (χ0n) is 17.5. The van der Waals surface area contributed by atoms with Gasteiger partial charge in [-0.1, -0.05) is 24.3 Å². The fourth-order valence-electron chi connectivity index (χ4n) is 4.19. The monoisotopic (exact) mass is 423 g/mol. The number of hydrogen-bond donors (Lipinski definition) is 1. The Hall–Kier alpha value is -2.80. The van der Waals surface area contributed by atoms with E-state index in [9.17, 15) is 8.78 Å². The van der Waals surface area contributed by atoms with Crippen LogP contribution in [-0.2, 0) is 6.54 Å². The van der Waals surface area contributed by atoms with Crippen LogP contribution in [0, 0.1) is 5.92 Å². The van der Waals surface area contributed by atoms with Crippen LogP contribution in [0.5, 0.6) is 0 Å². The summed E-state index contributed by atoms with van der Waals surface area (Å²) in [6.07, 6.45) is 0.114. The molecular formula is C24H27F2N5. The molecule has 5 rings (SSSR count). The average Bonchev–Trinajstić information content (AvgIpc) is 3.62. The number of fused-ring (bicyclic) bond motifs is 1. The third kappa shape index (κ3) is 4.77. The van der Waals surface area contributed by atoms with Crippen LogP contribution in [0.2, 0.25) is 0 Å². The summed E-state index contributed by atoms with van der Waals surface area (Å²) in [6, 6.07) is 15.7. The van der Waals surface area contributed by atoms with Gasteiger partial charge in [0.05, 0.1) is 5.52 Å². The lowest BCUT2D eigenvalue weighted by molar-refractivity contribution is 0.141. The highest BCUT2D eigenvalue weighted by atomic mass is 19.3. The van der Waals surface area contributed by atoms with Crippen LogP contribution in [-0.4, -0.2) is 47.6 Å². The van der Waals surface area contributed by atoms with E-state index < -0.39 is 12.2 Å². The van der Waals surface area contributed by atoms with Gasteiger partial charge in [-0.2, -0.15) is 0 Å². The summed E-state index contributed by atoms with van der Waals surface area (Å²) in [5.74, 6) is 0.941. The minimum Gasteiger partial charge on any atom is -0.369 e. The van der Waals surface area contributed by atoms with Crippen molar-refractivity contribution >= 4 is 22.4 Å². The molecule has 1 aliphatic heterocycles. The van der Waals surface area contributed by atoms with Crippen molar-refractivity contribution in [1.29, 1.82) is 0 Å². The van der Waals surface area contributed by atoms with E-state index >= 15 is 0 Å². The number of nitrogens with one attached hydrogen (secondary N) is 1. The van der Waals surface area contributed by atoms with Crippen molar-refractivity contribution in [1.82, 2.24) is 14.9 Å². The smallest absolute Gasteiger partial charge is 0.297 e. The predicted octanol–water partition coefficient (Wildman–Crippen LogP) is 4.71. The Morgan fingerprint density at radius 1 is 0.935 bits per heavy atom. The maximum absolute atomic E-state index is 13.2. The van der Waals surface area contributed by atoms with Gasteiger partial charge in [-0.05, 0) is 48.6 Å². The van der Waals surface area contributed by atoms with Gasteiger partial charge in [0.25, 0.3) is 6.43 Å². The summed E-state index contributed by atoms with van der Waals surface area (Å²) in [4.78, 5) is 13.0. The molecule has 2 aliphatic rings. The number of nitrogens with zero attached hydrogens (tertiary/aromatic N) is 4. The Balaban J connectivity index is 1.22. The molecule has 0 atom stereocenters. The summed E-state index contributed by atoms with van der Waals surface area (Å²) in [7, 11) is 0. The molecule has 1 saturated heterocycles. The number of para-hydroxylation sites is 1. The van der Waals surface area contributed by atoms with Gasteiger partial charge < -0.3 is 10.2 Å². The maximum Gasteiger partial charge on any atom is 0.297 e. The number of benzene rings is 2. The van der Waals surface area contributed by atoms with Crippen molar-refractivity contribution in [3.05, 3.63) is 59.9 Å². The highest BCUT2D eigenvalue weighted by Crippen LogP contribution is 2.30. The van der Waals surface area contributed by atoms with Gasteiger partial charge >= 0.3 is 0 Å². The van der Waals surface area contributed by atoms with E-state index in [1.807, 2.05) is 12.1 Å². The molecule has 0 radical (unpaired) electrons. The molecule has 2 fully saturated rings. The number of halogens is 2. The molecule has 2 heterocycles. The number of hydrogen-bond acceptors (Lipinski definition) is 5. The first-order chi connectivity index (χ1) is 15.2. The Morgan fingerprint density at radius 2 is 1.68 bits per heavy atom. The molecule has 7 heteroatoms. The van der Waals surface area contributed by atoms with E-state index in [0.29, 0.717) is 17.9 Å². The minimum atomic E-state index is -2.70. The van der Waals surface area contributed by atoms with Gasteiger partial charge in [-0.15, -0.1) is 0 Å². The molecule has 3 aromatic rings. The fraction of sp³-hybridized carbons (Fsp3) is 0.417. The number of rotatable bonds is 7. The molecule has 31 heavy (non-hydrogen) atoms. The van der Waals surface area contributed by atoms with Crippen molar-refractivity contribution < 1.29 is 8.78 Å². The summed E-state index contributed by atoms with van der Waals surface area (Å²) in [5, 5.41) is 3.97. The molecule has 0 amide bonds. The van der Waals surface area contributed by atoms with E-state index in [4.69, 9.17) is 0 Å². The quantitative estimate of drug-likeness (QED) is 0.596. The first-order valence-electron chi connectivity index (χ1n) is 11.0. The largest absolute Gasteiger partial charge is 0.369 e. The summed E-state index contributed by atoms with van der Waals surface area (Å²) in [5.41, 5.74) is 2.84. The van der Waals surface area contributed by atoms with Crippen LogP contribution in [0.4, 0.5) is 20.3 Å². The molecule has 5 nitrogen and oxygen atoms in total. The van der Waals surface area contributed by atoms with E-state index in [2.05, 4.69) is 49.4 Å². The molecule has 0 bridgehead atoms. The molecule has 1 aromatic heterocycles. The second-order valence-electron chi connectivity index (χ2n) is 8.50. The van der Waals surface area contributed by atoms with Crippen molar-refractivity contribution in [3.63, 3.8) is 0 Å². The Bertz CT molecular complexity index is 1030. The second-order valence-corrected chi connectivity index (χ2v) is 8.50. The zero-order valence-corrected chi connectivity index (χ0v) is 17.5. The predicted molar refractivity (Wildman–Crippen MR) is 120 cm³/mol. The SMILES string of the molecule is FC(F)c1nc(NCc2ccc(N3CCN(CC4CC4)CC3)cc2)c2ccccc2n1. The van der Waals surface area contributed by atoms with Gasteiger partial charge in [0, 0.05) is 50.3 Å². The molecular weight excluding hydrogens is 396 g/mol. The maximum atomic E-state index is 13.2. The first kappa shape index (κ1) is 20.1. The zero-order chi connectivity index (χ0) is 21.2. The fourth-order valence-corrected chi connectivity index (χ4v) is 4.19. The van der Waals surface area contributed by atoms with E-state index in [1.54, 1.807) is 12.1 Å². The molecule has 1 N–H and O–H groups in total. The normalized spacial score (nSPS) is 17.5. The number of aromatic nitrogens is 2. The van der Waals surface area contributed by atoms with Crippen LogP contribution in [0.3, 0.4) is 0 Å². The highest BCUT2D eigenvalue weighted by Gasteiger charge is 2.26. The first-order valence-corrected chi connectivity index (χ1v) is 11.0. The van der Waals surface area contributed by atoms with Crippen LogP contribution >= 0.6 is 0 Å². The lowest BCUT2D eigenvalue weighted by Gasteiger charge is -2.36. The van der Waals surface area contributed by atoms with Gasteiger partial charge in [0.15, 0.2) is 5.82 Å². The van der Waals surface area contributed by atoms with Gasteiger partial charge in [0.2, 0.25) is 0 Å². The van der Waals surface area contributed by atoms with Crippen LogP contribution in [0.25, 0.3) is 10.9 Å². The average molecular weight is 424 g/mol. The van der Waals surface area contributed by atoms with Crippen LogP contribution in [0.15, 0.2) is 48.5 Å². The van der Waals surface area contributed by atoms with Crippen LogP contribution in [0.1, 0.15) is 30.7 Å². The molecule has 0 unspecified atom stereocenters. The third-order valence-corrected chi connectivity index (χ3v) is 6.16. The molecule has 1 aliphatic carbocycles. The highest BCUT2D eigenvalue weighted by molar-refractivity contribution is 5.89. The summed E-state index contributed by atoms with van der Waals surface area (Å²) >= 11 is 0. The number of alkyl halides is 2. The topological polar surface area (TPSA) is 44.3 Å². The third-order valence-electron chi connectivity index (χ3n) is 6.16.